The standard InChI is InChI=1S/C26H33B5N6O5/c1-13(35-20-9-18-8-16(4-5-17(18)11-34-20)19-12-33-14(2)36(19)3)15-6-7-32-21(10-15)37-25(29,30)23(28,39)22(27,38)24(40,41)26(37,31)42/h4-12,38-42H,1,27-31H2,2-3H3,(H,34,35). The number of aryl methyl sites for hydroxylation is 1. The van der Waals surface area contributed by atoms with Gasteiger partial charge in [0.2, 0.25) is 5.79 Å². The number of aliphatic hydroxyl groups is 5. The summed E-state index contributed by atoms with van der Waals surface area (Å²) in [6, 6.07) is 11.3. The van der Waals surface area contributed by atoms with Crippen LogP contribution in [0.1, 0.15) is 11.4 Å². The number of hydrogen-bond donors (Lipinski definition) is 6. The Bertz CT molecular complexity index is 1690. The highest BCUT2D eigenvalue weighted by Gasteiger charge is 2.75. The van der Waals surface area contributed by atoms with Gasteiger partial charge in [-0.05, 0) is 36.6 Å². The Morgan fingerprint density at radius 1 is 0.857 bits per heavy atom. The zero-order valence-corrected chi connectivity index (χ0v) is 24.9. The maximum Gasteiger partial charge on any atom is 0.226 e. The molecule has 1 aliphatic heterocycles. The number of nitrogens with zero attached hydrogens (tertiary/aromatic N) is 5. The number of imidazole rings is 1. The Morgan fingerprint density at radius 2 is 1.55 bits per heavy atom. The summed E-state index contributed by atoms with van der Waals surface area (Å²) in [6.45, 7) is 6.11. The first kappa shape index (κ1) is 29.9. The molecule has 6 N–H and O–H groups in total. The highest BCUT2D eigenvalue weighted by atomic mass is 16.6. The minimum absolute atomic E-state index is 0.122. The van der Waals surface area contributed by atoms with E-state index in [9.17, 15) is 25.5 Å². The highest BCUT2D eigenvalue weighted by Crippen LogP contribution is 2.49. The fourth-order valence-corrected chi connectivity index (χ4v) is 5.92. The molecule has 0 spiro atoms. The van der Waals surface area contributed by atoms with E-state index in [1.165, 1.54) is 18.9 Å². The molecule has 1 aromatic carbocycles. The molecule has 3 unspecified atom stereocenters. The summed E-state index contributed by atoms with van der Waals surface area (Å²) < 4.78 is 2.03. The highest BCUT2D eigenvalue weighted by molar-refractivity contribution is 6.49. The molecule has 0 radical (unpaired) electrons. The van der Waals surface area contributed by atoms with Crippen molar-refractivity contribution in [1.82, 2.24) is 19.5 Å². The van der Waals surface area contributed by atoms with E-state index in [1.807, 2.05) is 42.9 Å². The van der Waals surface area contributed by atoms with Crippen molar-refractivity contribution in [3.05, 3.63) is 73.0 Å². The number of piperidine rings is 1. The Morgan fingerprint density at radius 3 is 2.19 bits per heavy atom. The smallest absolute Gasteiger partial charge is 0.226 e. The molecule has 1 aliphatic rings. The molecule has 42 heavy (non-hydrogen) atoms. The third kappa shape index (κ3) is 4.12. The van der Waals surface area contributed by atoms with Crippen LogP contribution in [0.25, 0.3) is 27.7 Å². The van der Waals surface area contributed by atoms with Gasteiger partial charge in [0.05, 0.1) is 17.4 Å². The molecule has 3 aromatic heterocycles. The molecule has 0 aliphatic carbocycles. The fraction of sp³-hybridized carbons (Fsp3) is 0.269. The minimum atomic E-state index is -3.14. The van der Waals surface area contributed by atoms with Crippen LogP contribution in [0.3, 0.4) is 0 Å². The van der Waals surface area contributed by atoms with E-state index in [0.29, 0.717) is 17.1 Å². The van der Waals surface area contributed by atoms with Crippen LogP contribution in [0, 0.1) is 6.92 Å². The number of aromatic nitrogens is 4. The molecule has 0 saturated carbocycles. The van der Waals surface area contributed by atoms with Crippen LogP contribution >= 0.6 is 0 Å². The first-order valence-electron chi connectivity index (χ1n) is 13.6. The predicted octanol–water partition coefficient (Wildman–Crippen LogP) is -4.23. The van der Waals surface area contributed by atoms with Crippen LogP contribution in [0.15, 0.2) is 61.6 Å². The van der Waals surface area contributed by atoms with E-state index in [0.717, 1.165) is 43.5 Å². The molecule has 11 nitrogen and oxygen atoms in total. The van der Waals surface area contributed by atoms with Crippen LogP contribution < -0.4 is 10.2 Å². The first-order chi connectivity index (χ1) is 19.3. The lowest BCUT2D eigenvalue weighted by atomic mass is 9.33. The van der Waals surface area contributed by atoms with E-state index >= 15 is 0 Å². The van der Waals surface area contributed by atoms with Crippen molar-refractivity contribution in [3.8, 4) is 11.3 Å². The van der Waals surface area contributed by atoms with Gasteiger partial charge in [0, 0.05) is 47.0 Å². The maximum absolute atomic E-state index is 11.5. The third-order valence-corrected chi connectivity index (χ3v) is 9.31. The summed E-state index contributed by atoms with van der Waals surface area (Å²) in [7, 11) is 8.64. The fourth-order valence-electron chi connectivity index (χ4n) is 5.92. The largest absolute Gasteiger partial charge is 0.396 e. The van der Waals surface area contributed by atoms with Crippen molar-refractivity contribution in [1.29, 1.82) is 0 Å². The number of pyridine rings is 2. The van der Waals surface area contributed by atoms with Crippen molar-refractivity contribution in [2.45, 2.75) is 34.7 Å². The number of anilines is 2. The lowest BCUT2D eigenvalue weighted by molar-refractivity contribution is -0.346. The van der Waals surface area contributed by atoms with Gasteiger partial charge in [-0.25, -0.2) is 15.0 Å². The second-order valence-electron chi connectivity index (χ2n) is 12.1. The van der Waals surface area contributed by atoms with Crippen LogP contribution in [0.5, 0.6) is 0 Å². The SMILES string of the molecule is BC1(B)N(c2cc(C(=C)Nc3cc4cc(-c5cnc(C)n5C)ccc4cn3)ccn2)C(B)(O)C(O)(O)C(B)(O)C1(B)O. The molecule has 4 heterocycles. The van der Waals surface area contributed by atoms with Gasteiger partial charge in [0.15, 0.2) is 21.3 Å². The normalized spacial score (nSPS) is 26.7. The van der Waals surface area contributed by atoms with Crippen molar-refractivity contribution in [2.24, 2.45) is 7.05 Å². The monoisotopic (exact) mass is 564 g/mol. The molecule has 1 fully saturated rings. The predicted molar refractivity (Wildman–Crippen MR) is 176 cm³/mol. The van der Waals surface area contributed by atoms with Crippen molar-refractivity contribution in [2.75, 3.05) is 10.2 Å². The summed E-state index contributed by atoms with van der Waals surface area (Å²) in [5.74, 6) is -1.55. The minimum Gasteiger partial charge on any atom is -0.396 e. The van der Waals surface area contributed by atoms with Gasteiger partial charge in [-0.1, -0.05) is 18.7 Å². The van der Waals surface area contributed by atoms with Crippen molar-refractivity contribution in [3.63, 3.8) is 0 Å². The molecule has 4 aromatic rings. The van der Waals surface area contributed by atoms with Gasteiger partial charge < -0.3 is 40.3 Å². The topological polar surface area (TPSA) is 160 Å². The number of hydrogen-bond acceptors (Lipinski definition) is 10. The molecular weight excluding hydrogens is 530 g/mol. The Kier molecular flexibility index (Phi) is 6.76. The number of fused-ring (bicyclic) bond motifs is 1. The number of rotatable bonds is 5. The quantitative estimate of drug-likeness (QED) is 0.104. The average molecular weight is 564 g/mol. The maximum atomic E-state index is 11.5. The van der Waals surface area contributed by atoms with Crippen molar-refractivity contribution < 1.29 is 25.5 Å². The van der Waals surface area contributed by atoms with Gasteiger partial charge >= 0.3 is 0 Å². The van der Waals surface area contributed by atoms with Gasteiger partial charge in [-0.2, -0.15) is 0 Å². The van der Waals surface area contributed by atoms with Crippen LogP contribution in [-0.4, -0.2) is 112 Å². The first-order valence-corrected chi connectivity index (χ1v) is 13.6. The molecular formula is C26H33B5N6O5. The Labute approximate surface area is 248 Å². The molecule has 212 valence electrons. The Hall–Kier alpha value is -3.55. The van der Waals surface area contributed by atoms with Gasteiger partial charge in [0.1, 0.15) is 46.5 Å². The number of nitrogens with one attached hydrogen (secondary N) is 1. The van der Waals surface area contributed by atoms with Crippen LogP contribution in [-0.2, 0) is 7.05 Å². The van der Waals surface area contributed by atoms with Gasteiger partial charge in [-0.15, -0.1) is 0 Å². The third-order valence-electron chi connectivity index (χ3n) is 9.31. The molecule has 3 atom stereocenters. The lowest BCUT2D eigenvalue weighted by Gasteiger charge is -2.69. The van der Waals surface area contributed by atoms with E-state index in [4.69, 9.17) is 0 Å². The van der Waals surface area contributed by atoms with Gasteiger partial charge in [0.25, 0.3) is 0 Å². The summed E-state index contributed by atoms with van der Waals surface area (Å²) in [5.41, 5.74) is -4.02. The molecule has 0 bridgehead atoms. The van der Waals surface area contributed by atoms with E-state index in [2.05, 4.69) is 32.9 Å². The summed E-state index contributed by atoms with van der Waals surface area (Å²) >= 11 is 0. The zero-order chi connectivity index (χ0) is 31.0. The van der Waals surface area contributed by atoms with E-state index in [-0.39, 0.29) is 5.82 Å². The molecule has 16 heteroatoms. The summed E-state index contributed by atoms with van der Waals surface area (Å²) in [6.07, 6.45) is 5.10. The molecule has 1 saturated heterocycles. The lowest BCUT2D eigenvalue weighted by Crippen LogP contribution is -2.94. The summed E-state index contributed by atoms with van der Waals surface area (Å²) in [5, 5.41) is 59.6. The van der Waals surface area contributed by atoms with Crippen LogP contribution in [0.4, 0.5) is 11.6 Å². The van der Waals surface area contributed by atoms with Gasteiger partial charge in [-0.3, -0.25) is 0 Å². The van der Waals surface area contributed by atoms with E-state index < -0.39 is 27.7 Å². The van der Waals surface area contributed by atoms with Crippen LogP contribution in [0.2, 0.25) is 0 Å². The summed E-state index contributed by atoms with van der Waals surface area (Å²) in [4.78, 5) is 14.5. The second kappa shape index (κ2) is 9.48. The second-order valence-corrected chi connectivity index (χ2v) is 12.1. The molecule has 0 amide bonds. The number of benzene rings is 1. The zero-order valence-electron chi connectivity index (χ0n) is 24.9. The van der Waals surface area contributed by atoms with E-state index in [1.54, 1.807) is 34.0 Å². The Balaban J connectivity index is 1.48. The average Bonchev–Trinajstić information content (AvgIpc) is 3.25. The molecule has 5 rings (SSSR count). The van der Waals surface area contributed by atoms with Crippen molar-refractivity contribution >= 4 is 67.3 Å².